The van der Waals surface area contributed by atoms with E-state index in [2.05, 4.69) is 5.32 Å². The van der Waals surface area contributed by atoms with Gasteiger partial charge in [-0.1, -0.05) is 30.3 Å². The van der Waals surface area contributed by atoms with Crippen LogP contribution in [0.4, 0.5) is 0 Å². The first-order valence-corrected chi connectivity index (χ1v) is 7.04. The Kier molecular flexibility index (Phi) is 4.45. The Balaban J connectivity index is 2.05. The Morgan fingerprint density at radius 3 is 2.76 bits per heavy atom. The van der Waals surface area contributed by atoms with E-state index in [1.165, 1.54) is 12.2 Å². The molecule has 2 unspecified atom stereocenters. The number of benzene rings is 1. The van der Waals surface area contributed by atoms with E-state index in [4.69, 9.17) is 0 Å². The van der Waals surface area contributed by atoms with Gasteiger partial charge in [0.2, 0.25) is 0 Å². The van der Waals surface area contributed by atoms with E-state index < -0.39 is 12.0 Å². The summed E-state index contributed by atoms with van der Waals surface area (Å²) in [5.41, 5.74) is 0.829. The van der Waals surface area contributed by atoms with Crippen molar-refractivity contribution in [2.45, 2.75) is 24.9 Å². The van der Waals surface area contributed by atoms with Crippen molar-refractivity contribution in [2.75, 3.05) is 11.5 Å². The fourth-order valence-electron chi connectivity index (χ4n) is 2.06. The van der Waals surface area contributed by atoms with Gasteiger partial charge in [-0.2, -0.15) is 11.8 Å². The third kappa shape index (κ3) is 3.48. The van der Waals surface area contributed by atoms with Crippen LogP contribution >= 0.6 is 11.8 Å². The molecule has 2 rings (SSSR count). The van der Waals surface area contributed by atoms with E-state index in [1.54, 1.807) is 0 Å². The van der Waals surface area contributed by atoms with Crippen LogP contribution in [0.1, 0.15) is 24.4 Å². The molecule has 0 bridgehead atoms. The molecule has 1 heterocycles. The first-order valence-electron chi connectivity index (χ1n) is 5.89. The molecule has 92 valence electrons. The van der Waals surface area contributed by atoms with E-state index in [9.17, 15) is 9.90 Å². The van der Waals surface area contributed by atoms with Crippen molar-refractivity contribution >= 4 is 17.7 Å². The predicted molar refractivity (Wildman–Crippen MR) is 70.3 cm³/mol. The van der Waals surface area contributed by atoms with Crippen molar-refractivity contribution in [1.29, 1.82) is 0 Å². The van der Waals surface area contributed by atoms with Crippen LogP contribution in [0, 0.1) is 0 Å². The molecule has 0 radical (unpaired) electrons. The summed E-state index contributed by atoms with van der Waals surface area (Å²) in [7, 11) is 0. The number of carbonyl (C=O) groups is 1. The van der Waals surface area contributed by atoms with E-state index in [0.29, 0.717) is 6.04 Å². The molecule has 2 N–H and O–H groups in total. The average Bonchev–Trinajstić information content (AvgIpc) is 2.38. The Morgan fingerprint density at radius 2 is 2.18 bits per heavy atom. The van der Waals surface area contributed by atoms with E-state index in [0.717, 1.165) is 17.7 Å². The van der Waals surface area contributed by atoms with Crippen LogP contribution in [0.15, 0.2) is 30.3 Å². The second-order valence-electron chi connectivity index (χ2n) is 4.26. The second kappa shape index (κ2) is 6.07. The fourth-order valence-corrected chi connectivity index (χ4v) is 3.15. The van der Waals surface area contributed by atoms with E-state index >= 15 is 0 Å². The average molecular weight is 251 g/mol. The molecule has 0 aliphatic carbocycles. The first kappa shape index (κ1) is 12.5. The maximum Gasteiger partial charge on any atom is 0.325 e. The summed E-state index contributed by atoms with van der Waals surface area (Å²) in [6.07, 6.45) is 2.24. The number of aliphatic carboxylic acids is 1. The van der Waals surface area contributed by atoms with Crippen molar-refractivity contribution in [1.82, 2.24) is 5.32 Å². The lowest BCUT2D eigenvalue weighted by molar-refractivity contribution is -0.139. The van der Waals surface area contributed by atoms with Crippen LogP contribution in [0.5, 0.6) is 0 Å². The topological polar surface area (TPSA) is 49.3 Å². The Bertz CT molecular complexity index is 363. The molecule has 0 spiro atoms. The second-order valence-corrected chi connectivity index (χ2v) is 5.41. The third-order valence-corrected chi connectivity index (χ3v) is 4.16. The number of hydrogen-bond acceptors (Lipinski definition) is 3. The molecule has 0 amide bonds. The smallest absolute Gasteiger partial charge is 0.325 e. The summed E-state index contributed by atoms with van der Waals surface area (Å²) in [5.74, 6) is 1.41. The molecule has 3 nitrogen and oxygen atoms in total. The number of thioether (sulfide) groups is 1. The van der Waals surface area contributed by atoms with E-state index in [-0.39, 0.29) is 0 Å². The third-order valence-electron chi connectivity index (χ3n) is 2.94. The number of carboxylic acids is 1. The van der Waals surface area contributed by atoms with Gasteiger partial charge >= 0.3 is 5.97 Å². The molecule has 4 heteroatoms. The van der Waals surface area contributed by atoms with Crippen molar-refractivity contribution in [3.05, 3.63) is 35.9 Å². The molecule has 1 aromatic carbocycles. The fraction of sp³-hybridized carbons (Fsp3) is 0.462. The van der Waals surface area contributed by atoms with Gasteiger partial charge < -0.3 is 5.11 Å². The summed E-state index contributed by atoms with van der Waals surface area (Å²) in [5, 5.41) is 12.5. The van der Waals surface area contributed by atoms with Gasteiger partial charge in [0.1, 0.15) is 6.04 Å². The predicted octanol–water partition coefficient (Wildman–Crippen LogP) is 2.30. The molecule has 2 atom stereocenters. The van der Waals surface area contributed by atoms with Crippen LogP contribution in [0.25, 0.3) is 0 Å². The molecule has 17 heavy (non-hydrogen) atoms. The normalized spacial score (nSPS) is 22.0. The lowest BCUT2D eigenvalue weighted by Crippen LogP contribution is -2.40. The Hall–Kier alpha value is -1.00. The zero-order valence-corrected chi connectivity index (χ0v) is 10.5. The molecule has 1 saturated heterocycles. The van der Waals surface area contributed by atoms with Crippen LogP contribution in [0.3, 0.4) is 0 Å². The van der Waals surface area contributed by atoms with Crippen molar-refractivity contribution < 1.29 is 9.90 Å². The lowest BCUT2D eigenvalue weighted by atomic mass is 10.0. The highest BCUT2D eigenvalue weighted by Crippen LogP contribution is 2.21. The first-order chi connectivity index (χ1) is 8.27. The standard InChI is InChI=1S/C13H17NO2S/c15-13(16)12(10-5-2-1-3-6-10)14-11-7-4-8-17-9-11/h1-3,5-6,11-12,14H,4,7-9H2,(H,15,16). The largest absolute Gasteiger partial charge is 0.480 e. The SMILES string of the molecule is O=C(O)C(NC1CCCSC1)c1ccccc1. The molecule has 0 saturated carbocycles. The Morgan fingerprint density at radius 1 is 1.41 bits per heavy atom. The number of nitrogens with one attached hydrogen (secondary N) is 1. The summed E-state index contributed by atoms with van der Waals surface area (Å²) in [4.78, 5) is 11.3. The molecule has 0 aromatic heterocycles. The molecule has 1 aliphatic rings. The number of hydrogen-bond donors (Lipinski definition) is 2. The van der Waals surface area contributed by atoms with Gasteiger partial charge in [0.05, 0.1) is 0 Å². The zero-order chi connectivity index (χ0) is 12.1. The highest BCUT2D eigenvalue weighted by Gasteiger charge is 2.24. The van der Waals surface area contributed by atoms with Crippen molar-refractivity contribution in [3.8, 4) is 0 Å². The van der Waals surface area contributed by atoms with Gasteiger partial charge in [-0.05, 0) is 24.2 Å². The van der Waals surface area contributed by atoms with Crippen LogP contribution < -0.4 is 5.32 Å². The van der Waals surface area contributed by atoms with Crippen molar-refractivity contribution in [3.63, 3.8) is 0 Å². The summed E-state index contributed by atoms with van der Waals surface area (Å²) < 4.78 is 0. The van der Waals surface area contributed by atoms with Gasteiger partial charge in [0, 0.05) is 11.8 Å². The van der Waals surface area contributed by atoms with Crippen LogP contribution in [-0.4, -0.2) is 28.6 Å². The summed E-state index contributed by atoms with van der Waals surface area (Å²) >= 11 is 1.90. The zero-order valence-electron chi connectivity index (χ0n) is 9.63. The lowest BCUT2D eigenvalue weighted by Gasteiger charge is -2.26. The highest BCUT2D eigenvalue weighted by atomic mass is 32.2. The quantitative estimate of drug-likeness (QED) is 0.862. The summed E-state index contributed by atoms with van der Waals surface area (Å²) in [6, 6.07) is 9.11. The minimum atomic E-state index is -0.799. The molecule has 1 aliphatic heterocycles. The van der Waals surface area contributed by atoms with Gasteiger partial charge in [-0.15, -0.1) is 0 Å². The van der Waals surface area contributed by atoms with Gasteiger partial charge in [0.25, 0.3) is 0 Å². The summed E-state index contributed by atoms with van der Waals surface area (Å²) in [6.45, 7) is 0. The molecule has 1 fully saturated rings. The number of rotatable bonds is 4. The van der Waals surface area contributed by atoms with Gasteiger partial charge in [-0.3, -0.25) is 10.1 Å². The van der Waals surface area contributed by atoms with Crippen molar-refractivity contribution in [2.24, 2.45) is 0 Å². The van der Waals surface area contributed by atoms with Gasteiger partial charge in [-0.25, -0.2) is 0 Å². The van der Waals surface area contributed by atoms with Crippen LogP contribution in [-0.2, 0) is 4.79 Å². The maximum absolute atomic E-state index is 11.3. The molecular weight excluding hydrogens is 234 g/mol. The van der Waals surface area contributed by atoms with Gasteiger partial charge in [0.15, 0.2) is 0 Å². The van der Waals surface area contributed by atoms with E-state index in [1.807, 2.05) is 42.1 Å². The monoisotopic (exact) mass is 251 g/mol. The molecular formula is C13H17NO2S. The Labute approximate surface area is 106 Å². The minimum Gasteiger partial charge on any atom is -0.480 e. The molecule has 1 aromatic rings. The highest BCUT2D eigenvalue weighted by molar-refractivity contribution is 7.99. The maximum atomic E-state index is 11.3. The minimum absolute atomic E-state index is 0.315. The number of carboxylic acid groups (broad SMARTS) is 1. The van der Waals surface area contributed by atoms with Crippen LogP contribution in [0.2, 0.25) is 0 Å².